The highest BCUT2D eigenvalue weighted by atomic mass is 16.1. The third-order valence-corrected chi connectivity index (χ3v) is 3.06. The largest absolute Gasteiger partial charge is 0.368 e. The minimum Gasteiger partial charge on any atom is -0.368 e. The van der Waals surface area contributed by atoms with Crippen molar-refractivity contribution in [2.75, 3.05) is 19.6 Å². The van der Waals surface area contributed by atoms with E-state index in [9.17, 15) is 4.79 Å². The minimum atomic E-state index is -0.231. The second-order valence-electron chi connectivity index (χ2n) is 4.97. The van der Waals surface area contributed by atoms with E-state index in [4.69, 9.17) is 5.73 Å². The number of rotatable bonds is 6. The van der Waals surface area contributed by atoms with Gasteiger partial charge in [-0.2, -0.15) is 0 Å². The normalized spacial score (nSPS) is 19.9. The summed E-state index contributed by atoms with van der Waals surface area (Å²) in [6.45, 7) is 7.40. The fraction of sp³-hybridized carbons (Fsp3) is 0.917. The predicted octanol–water partition coefficient (Wildman–Crippen LogP) is 0.714. The Hall–Kier alpha value is -0.610. The molecular weight excluding hydrogens is 202 g/mol. The Kier molecular flexibility index (Phi) is 5.77. The number of hydrogen-bond acceptors (Lipinski definition) is 3. The number of nitrogens with two attached hydrogens (primary N) is 1. The molecule has 1 rings (SSSR count). The first-order valence-electron chi connectivity index (χ1n) is 6.37. The molecule has 4 heteroatoms. The van der Waals surface area contributed by atoms with Crippen LogP contribution in [-0.4, -0.2) is 42.5 Å². The van der Waals surface area contributed by atoms with E-state index in [1.165, 1.54) is 32.4 Å². The third-order valence-electron chi connectivity index (χ3n) is 3.06. The van der Waals surface area contributed by atoms with Crippen LogP contribution in [0.1, 0.15) is 39.5 Å². The molecule has 1 aliphatic rings. The lowest BCUT2D eigenvalue weighted by molar-refractivity contribution is -0.120. The summed E-state index contributed by atoms with van der Waals surface area (Å²) < 4.78 is 0. The summed E-state index contributed by atoms with van der Waals surface area (Å²) in [5, 5.41) is 3.22. The highest BCUT2D eigenvalue weighted by Gasteiger charge is 2.18. The Morgan fingerprint density at radius 3 is 2.44 bits per heavy atom. The van der Waals surface area contributed by atoms with Gasteiger partial charge in [-0.3, -0.25) is 4.79 Å². The van der Waals surface area contributed by atoms with Crippen LogP contribution in [0.5, 0.6) is 0 Å². The fourth-order valence-corrected chi connectivity index (χ4v) is 2.20. The SMILES string of the molecule is CC(C)NC(CCN1CCCCC1)C(N)=O. The summed E-state index contributed by atoms with van der Waals surface area (Å²) in [7, 11) is 0. The number of piperidine rings is 1. The van der Waals surface area contributed by atoms with Gasteiger partial charge < -0.3 is 16.0 Å². The van der Waals surface area contributed by atoms with Crippen molar-refractivity contribution in [2.24, 2.45) is 5.73 Å². The highest BCUT2D eigenvalue weighted by Crippen LogP contribution is 2.09. The Labute approximate surface area is 98.6 Å². The average molecular weight is 227 g/mol. The van der Waals surface area contributed by atoms with Crippen molar-refractivity contribution in [1.82, 2.24) is 10.2 Å². The highest BCUT2D eigenvalue weighted by molar-refractivity contribution is 5.79. The van der Waals surface area contributed by atoms with E-state index in [0.29, 0.717) is 6.04 Å². The van der Waals surface area contributed by atoms with Gasteiger partial charge in [0.05, 0.1) is 6.04 Å². The summed E-state index contributed by atoms with van der Waals surface area (Å²) in [6.07, 6.45) is 4.76. The zero-order valence-electron chi connectivity index (χ0n) is 10.5. The van der Waals surface area contributed by atoms with Crippen molar-refractivity contribution >= 4 is 5.91 Å². The maximum absolute atomic E-state index is 11.2. The smallest absolute Gasteiger partial charge is 0.234 e. The first kappa shape index (κ1) is 13.5. The average Bonchev–Trinajstić information content (AvgIpc) is 2.25. The fourth-order valence-electron chi connectivity index (χ4n) is 2.20. The summed E-state index contributed by atoms with van der Waals surface area (Å²) in [5.41, 5.74) is 5.38. The summed E-state index contributed by atoms with van der Waals surface area (Å²) in [6, 6.07) is 0.126. The maximum atomic E-state index is 11.2. The zero-order valence-corrected chi connectivity index (χ0v) is 10.5. The van der Waals surface area contributed by atoms with Crippen LogP contribution in [0, 0.1) is 0 Å². The van der Waals surface area contributed by atoms with Crippen molar-refractivity contribution in [3.05, 3.63) is 0 Å². The summed E-state index contributed by atoms with van der Waals surface area (Å²) in [4.78, 5) is 13.7. The number of hydrogen-bond donors (Lipinski definition) is 2. The molecule has 1 amide bonds. The van der Waals surface area contributed by atoms with Crippen molar-refractivity contribution < 1.29 is 4.79 Å². The van der Waals surface area contributed by atoms with Crippen LogP contribution in [0.25, 0.3) is 0 Å². The molecule has 0 radical (unpaired) electrons. The molecule has 1 atom stereocenters. The summed E-state index contributed by atoms with van der Waals surface area (Å²) >= 11 is 0. The molecular formula is C12H25N3O. The van der Waals surface area contributed by atoms with Gasteiger partial charge in [-0.05, 0) is 32.4 Å². The molecule has 0 aromatic heterocycles. The number of carbonyl (C=O) groups excluding carboxylic acids is 1. The van der Waals surface area contributed by atoms with Gasteiger partial charge in [-0.15, -0.1) is 0 Å². The van der Waals surface area contributed by atoms with Gasteiger partial charge in [0.15, 0.2) is 0 Å². The second-order valence-corrected chi connectivity index (χ2v) is 4.97. The molecule has 16 heavy (non-hydrogen) atoms. The van der Waals surface area contributed by atoms with Crippen molar-refractivity contribution in [3.8, 4) is 0 Å². The lowest BCUT2D eigenvalue weighted by Gasteiger charge is -2.28. The van der Waals surface area contributed by atoms with E-state index < -0.39 is 0 Å². The number of nitrogens with one attached hydrogen (secondary N) is 1. The van der Waals surface area contributed by atoms with Gasteiger partial charge in [-0.1, -0.05) is 20.3 Å². The minimum absolute atomic E-state index is 0.179. The standard InChI is InChI=1S/C12H25N3O/c1-10(2)14-11(12(13)16)6-9-15-7-4-3-5-8-15/h10-11,14H,3-9H2,1-2H3,(H2,13,16). The van der Waals surface area contributed by atoms with E-state index >= 15 is 0 Å². The quantitative estimate of drug-likeness (QED) is 0.703. The van der Waals surface area contributed by atoms with E-state index in [2.05, 4.69) is 10.2 Å². The third kappa shape index (κ3) is 4.94. The van der Waals surface area contributed by atoms with Crippen LogP contribution in [0.3, 0.4) is 0 Å². The molecule has 94 valence electrons. The van der Waals surface area contributed by atoms with E-state index in [-0.39, 0.29) is 11.9 Å². The molecule has 0 aliphatic carbocycles. The van der Waals surface area contributed by atoms with Crippen LogP contribution in [-0.2, 0) is 4.79 Å². The number of nitrogens with zero attached hydrogens (tertiary/aromatic N) is 1. The molecule has 0 bridgehead atoms. The Morgan fingerprint density at radius 1 is 1.31 bits per heavy atom. The number of carbonyl (C=O) groups is 1. The van der Waals surface area contributed by atoms with Gasteiger partial charge in [0.25, 0.3) is 0 Å². The first-order chi connectivity index (χ1) is 7.59. The van der Waals surface area contributed by atoms with Gasteiger partial charge in [0.2, 0.25) is 5.91 Å². The monoisotopic (exact) mass is 227 g/mol. The number of likely N-dealkylation sites (tertiary alicyclic amines) is 1. The van der Waals surface area contributed by atoms with Gasteiger partial charge in [0.1, 0.15) is 0 Å². The van der Waals surface area contributed by atoms with Crippen LogP contribution in [0.2, 0.25) is 0 Å². The summed E-state index contributed by atoms with van der Waals surface area (Å²) in [5.74, 6) is -0.231. The molecule has 4 nitrogen and oxygen atoms in total. The lowest BCUT2D eigenvalue weighted by Crippen LogP contribution is -2.46. The van der Waals surface area contributed by atoms with Crippen LogP contribution < -0.4 is 11.1 Å². The molecule has 1 aliphatic heterocycles. The number of primary amides is 1. The molecule has 0 aromatic rings. The predicted molar refractivity (Wildman–Crippen MR) is 66.2 cm³/mol. The van der Waals surface area contributed by atoms with E-state index in [0.717, 1.165) is 13.0 Å². The molecule has 1 heterocycles. The number of amides is 1. The van der Waals surface area contributed by atoms with Gasteiger partial charge >= 0.3 is 0 Å². The molecule has 0 spiro atoms. The second kappa shape index (κ2) is 6.86. The van der Waals surface area contributed by atoms with E-state index in [1.54, 1.807) is 0 Å². The first-order valence-corrected chi connectivity index (χ1v) is 6.37. The molecule has 0 aromatic carbocycles. The lowest BCUT2D eigenvalue weighted by atomic mass is 10.1. The molecule has 1 unspecified atom stereocenters. The van der Waals surface area contributed by atoms with Crippen molar-refractivity contribution in [1.29, 1.82) is 0 Å². The topological polar surface area (TPSA) is 58.4 Å². The van der Waals surface area contributed by atoms with Crippen molar-refractivity contribution in [3.63, 3.8) is 0 Å². The molecule has 0 saturated carbocycles. The molecule has 1 saturated heterocycles. The maximum Gasteiger partial charge on any atom is 0.234 e. The van der Waals surface area contributed by atoms with Crippen LogP contribution >= 0.6 is 0 Å². The van der Waals surface area contributed by atoms with E-state index in [1.807, 2.05) is 13.8 Å². The van der Waals surface area contributed by atoms with Gasteiger partial charge in [0, 0.05) is 12.6 Å². The Balaban J connectivity index is 2.28. The molecule has 1 fully saturated rings. The van der Waals surface area contributed by atoms with Crippen LogP contribution in [0.15, 0.2) is 0 Å². The van der Waals surface area contributed by atoms with Crippen LogP contribution in [0.4, 0.5) is 0 Å². The Bertz CT molecular complexity index is 212. The molecule has 3 N–H and O–H groups in total. The van der Waals surface area contributed by atoms with Gasteiger partial charge in [-0.25, -0.2) is 0 Å². The Morgan fingerprint density at radius 2 is 1.94 bits per heavy atom. The van der Waals surface area contributed by atoms with Crippen molar-refractivity contribution in [2.45, 2.75) is 51.6 Å². The zero-order chi connectivity index (χ0) is 12.0.